The standard InChI is InChI=1S/C12H18O3/c1-4-12(15-3,9-14-2)10-6-5-7-11(13)8-10/h5-8,13H,4,9H2,1-3H3. The van der Waals surface area contributed by atoms with Crippen molar-refractivity contribution in [1.82, 2.24) is 0 Å². The van der Waals surface area contributed by atoms with E-state index in [0.717, 1.165) is 12.0 Å². The molecule has 0 bridgehead atoms. The minimum atomic E-state index is -0.465. The molecule has 0 heterocycles. The van der Waals surface area contributed by atoms with Crippen LogP contribution in [0.2, 0.25) is 0 Å². The second-order valence-electron chi connectivity index (χ2n) is 3.54. The van der Waals surface area contributed by atoms with Crippen molar-refractivity contribution < 1.29 is 14.6 Å². The lowest BCUT2D eigenvalue weighted by atomic mass is 9.91. The third-order valence-corrected chi connectivity index (χ3v) is 2.71. The molecule has 0 amide bonds. The van der Waals surface area contributed by atoms with Gasteiger partial charge in [0.2, 0.25) is 0 Å². The van der Waals surface area contributed by atoms with Crippen LogP contribution in [0.5, 0.6) is 5.75 Å². The van der Waals surface area contributed by atoms with Gasteiger partial charge in [0.05, 0.1) is 6.61 Å². The topological polar surface area (TPSA) is 38.7 Å². The zero-order valence-corrected chi connectivity index (χ0v) is 9.49. The van der Waals surface area contributed by atoms with Gasteiger partial charge >= 0.3 is 0 Å². The average molecular weight is 210 g/mol. The van der Waals surface area contributed by atoms with Gasteiger partial charge in [-0.25, -0.2) is 0 Å². The van der Waals surface area contributed by atoms with E-state index in [1.807, 2.05) is 19.1 Å². The van der Waals surface area contributed by atoms with Gasteiger partial charge in [0, 0.05) is 14.2 Å². The van der Waals surface area contributed by atoms with E-state index >= 15 is 0 Å². The molecule has 0 aliphatic heterocycles. The first-order chi connectivity index (χ1) is 7.18. The fraction of sp³-hybridized carbons (Fsp3) is 0.500. The molecule has 0 aromatic heterocycles. The Hall–Kier alpha value is -1.06. The SMILES string of the molecule is CCC(COC)(OC)c1cccc(O)c1. The molecule has 84 valence electrons. The van der Waals surface area contributed by atoms with Gasteiger partial charge in [0.25, 0.3) is 0 Å². The van der Waals surface area contributed by atoms with Crippen molar-refractivity contribution >= 4 is 0 Å². The van der Waals surface area contributed by atoms with Gasteiger partial charge in [-0.3, -0.25) is 0 Å². The molecule has 0 saturated carbocycles. The van der Waals surface area contributed by atoms with Gasteiger partial charge in [-0.1, -0.05) is 19.1 Å². The molecule has 1 N–H and O–H groups in total. The summed E-state index contributed by atoms with van der Waals surface area (Å²) in [6.45, 7) is 2.51. The summed E-state index contributed by atoms with van der Waals surface area (Å²) in [5, 5.41) is 9.44. The van der Waals surface area contributed by atoms with Crippen molar-refractivity contribution in [2.45, 2.75) is 18.9 Å². The Morgan fingerprint density at radius 3 is 2.53 bits per heavy atom. The van der Waals surface area contributed by atoms with Crippen LogP contribution < -0.4 is 0 Å². The first kappa shape index (κ1) is 12.0. The molecule has 0 spiro atoms. The molecular weight excluding hydrogens is 192 g/mol. The van der Waals surface area contributed by atoms with Gasteiger partial charge in [-0.05, 0) is 24.1 Å². The second-order valence-corrected chi connectivity index (χ2v) is 3.54. The van der Waals surface area contributed by atoms with Crippen LogP contribution >= 0.6 is 0 Å². The lowest BCUT2D eigenvalue weighted by molar-refractivity contribution is -0.0720. The zero-order valence-electron chi connectivity index (χ0n) is 9.49. The Morgan fingerprint density at radius 1 is 1.33 bits per heavy atom. The van der Waals surface area contributed by atoms with Crippen molar-refractivity contribution in [3.8, 4) is 5.75 Å². The maximum absolute atomic E-state index is 9.44. The van der Waals surface area contributed by atoms with Crippen molar-refractivity contribution in [3.05, 3.63) is 29.8 Å². The molecule has 0 aliphatic carbocycles. The Balaban J connectivity index is 3.07. The predicted molar refractivity (Wildman–Crippen MR) is 59.0 cm³/mol. The van der Waals surface area contributed by atoms with Gasteiger partial charge in [0.1, 0.15) is 11.4 Å². The number of hydrogen-bond acceptors (Lipinski definition) is 3. The molecule has 3 heteroatoms. The largest absolute Gasteiger partial charge is 0.508 e. The van der Waals surface area contributed by atoms with E-state index in [0.29, 0.717) is 6.61 Å². The minimum Gasteiger partial charge on any atom is -0.508 e. The number of benzene rings is 1. The highest BCUT2D eigenvalue weighted by molar-refractivity contribution is 5.31. The predicted octanol–water partition coefficient (Wildman–Crippen LogP) is 2.29. The molecular formula is C12H18O3. The van der Waals surface area contributed by atoms with E-state index in [9.17, 15) is 5.11 Å². The van der Waals surface area contributed by atoms with Crippen LogP contribution in [0.25, 0.3) is 0 Å². The lowest BCUT2D eigenvalue weighted by Crippen LogP contribution is -2.32. The smallest absolute Gasteiger partial charge is 0.116 e. The van der Waals surface area contributed by atoms with Crippen LogP contribution in [0.15, 0.2) is 24.3 Å². The van der Waals surface area contributed by atoms with Crippen molar-refractivity contribution in [2.75, 3.05) is 20.8 Å². The number of aromatic hydroxyl groups is 1. The quantitative estimate of drug-likeness (QED) is 0.810. The average Bonchev–Trinajstić information content (AvgIpc) is 2.26. The third kappa shape index (κ3) is 2.49. The highest BCUT2D eigenvalue weighted by atomic mass is 16.5. The van der Waals surface area contributed by atoms with Crippen LogP contribution in [0.4, 0.5) is 0 Å². The Labute approximate surface area is 90.6 Å². The number of hydrogen-bond donors (Lipinski definition) is 1. The number of phenols is 1. The van der Waals surface area contributed by atoms with E-state index in [4.69, 9.17) is 9.47 Å². The lowest BCUT2D eigenvalue weighted by Gasteiger charge is -2.31. The van der Waals surface area contributed by atoms with Gasteiger partial charge in [-0.2, -0.15) is 0 Å². The van der Waals surface area contributed by atoms with Crippen LogP contribution in [0, 0.1) is 0 Å². The molecule has 15 heavy (non-hydrogen) atoms. The number of ether oxygens (including phenoxy) is 2. The maximum Gasteiger partial charge on any atom is 0.116 e. The first-order valence-corrected chi connectivity index (χ1v) is 5.02. The minimum absolute atomic E-state index is 0.249. The van der Waals surface area contributed by atoms with E-state index in [1.165, 1.54) is 0 Å². The summed E-state index contributed by atoms with van der Waals surface area (Å²) < 4.78 is 10.7. The molecule has 1 unspecified atom stereocenters. The van der Waals surface area contributed by atoms with E-state index in [-0.39, 0.29) is 5.75 Å². The molecule has 0 radical (unpaired) electrons. The Morgan fingerprint density at radius 2 is 2.07 bits per heavy atom. The maximum atomic E-state index is 9.44. The summed E-state index contributed by atoms with van der Waals surface area (Å²) in [4.78, 5) is 0. The van der Waals surface area contributed by atoms with Crippen molar-refractivity contribution in [2.24, 2.45) is 0 Å². The molecule has 0 aliphatic rings. The third-order valence-electron chi connectivity index (χ3n) is 2.71. The summed E-state index contributed by atoms with van der Waals surface area (Å²) in [5.41, 5.74) is 0.474. The molecule has 1 atom stereocenters. The normalized spacial score (nSPS) is 14.9. The summed E-state index contributed by atoms with van der Waals surface area (Å²) in [5.74, 6) is 0.249. The monoisotopic (exact) mass is 210 g/mol. The summed E-state index contributed by atoms with van der Waals surface area (Å²) in [6, 6.07) is 7.11. The summed E-state index contributed by atoms with van der Waals surface area (Å²) in [7, 11) is 3.30. The summed E-state index contributed by atoms with van der Waals surface area (Å²) >= 11 is 0. The van der Waals surface area contributed by atoms with Crippen molar-refractivity contribution in [3.63, 3.8) is 0 Å². The molecule has 0 saturated heterocycles. The molecule has 1 rings (SSSR count). The molecule has 1 aromatic carbocycles. The van der Waals surface area contributed by atoms with Crippen LogP contribution in [0.1, 0.15) is 18.9 Å². The number of rotatable bonds is 5. The van der Waals surface area contributed by atoms with Gasteiger partial charge in [-0.15, -0.1) is 0 Å². The fourth-order valence-corrected chi connectivity index (χ4v) is 1.73. The Kier molecular flexibility index (Phi) is 4.12. The Bertz CT molecular complexity index is 305. The zero-order chi connectivity index (χ0) is 11.3. The van der Waals surface area contributed by atoms with E-state index in [1.54, 1.807) is 26.4 Å². The highest BCUT2D eigenvalue weighted by Crippen LogP contribution is 2.30. The molecule has 3 nitrogen and oxygen atoms in total. The fourth-order valence-electron chi connectivity index (χ4n) is 1.73. The number of methoxy groups -OCH3 is 2. The van der Waals surface area contributed by atoms with Gasteiger partial charge < -0.3 is 14.6 Å². The van der Waals surface area contributed by atoms with Crippen LogP contribution in [-0.2, 0) is 15.1 Å². The highest BCUT2D eigenvalue weighted by Gasteiger charge is 2.30. The van der Waals surface area contributed by atoms with Crippen LogP contribution in [-0.4, -0.2) is 25.9 Å². The molecule has 0 fully saturated rings. The summed E-state index contributed by atoms with van der Waals surface area (Å²) in [6.07, 6.45) is 0.792. The number of phenolic OH excluding ortho intramolecular Hbond substituents is 1. The first-order valence-electron chi connectivity index (χ1n) is 5.02. The second kappa shape index (κ2) is 5.14. The van der Waals surface area contributed by atoms with Crippen molar-refractivity contribution in [1.29, 1.82) is 0 Å². The van der Waals surface area contributed by atoms with Crippen LogP contribution in [0.3, 0.4) is 0 Å². The molecule has 1 aromatic rings. The van der Waals surface area contributed by atoms with Gasteiger partial charge in [0.15, 0.2) is 0 Å². The van der Waals surface area contributed by atoms with E-state index in [2.05, 4.69) is 0 Å². The van der Waals surface area contributed by atoms with E-state index < -0.39 is 5.60 Å².